The molecule has 11 nitrogen and oxygen atoms in total. The number of rotatable bonds is 6. The lowest BCUT2D eigenvalue weighted by Crippen LogP contribution is -2.37. The third kappa shape index (κ3) is 10.9. The lowest BCUT2D eigenvalue weighted by Gasteiger charge is -2.23. The van der Waals surface area contributed by atoms with E-state index in [1.165, 1.54) is 22.7 Å². The van der Waals surface area contributed by atoms with E-state index in [2.05, 4.69) is 39.8 Å². The maximum Gasteiger partial charge on any atom is 0.271 e. The Balaban J connectivity index is 0.00000552. The molecular weight excluding hydrogens is 634 g/mol. The first-order valence-electron chi connectivity index (χ1n) is 15.0. The molecule has 0 unspecified atom stereocenters. The predicted octanol–water partition coefficient (Wildman–Crippen LogP) is 4.03. The van der Waals surface area contributed by atoms with Crippen LogP contribution in [0.1, 0.15) is 94.6 Å². The Labute approximate surface area is 278 Å². The summed E-state index contributed by atoms with van der Waals surface area (Å²) in [5.74, 6) is -0.594. The Bertz CT molecular complexity index is 1420. The van der Waals surface area contributed by atoms with E-state index in [1.54, 1.807) is 15.7 Å². The van der Waals surface area contributed by atoms with Crippen molar-refractivity contribution in [2.75, 3.05) is 26.2 Å². The van der Waals surface area contributed by atoms with Crippen LogP contribution < -0.4 is 21.7 Å². The number of hydrogen-bond donors (Lipinski definition) is 4. The number of carbonyl (C=O) groups is 4. The predicted molar refractivity (Wildman–Crippen MR) is 179 cm³/mol. The van der Waals surface area contributed by atoms with Crippen LogP contribution in [0.3, 0.4) is 0 Å². The van der Waals surface area contributed by atoms with Gasteiger partial charge in [-0.15, -0.1) is 35.1 Å². The molecule has 3 heterocycles. The molecule has 4 amide bonds. The first kappa shape index (κ1) is 36.1. The van der Waals surface area contributed by atoms with Gasteiger partial charge in [0.15, 0.2) is 0 Å². The molecule has 2 atom stereocenters. The number of nitrogens with zero attached hydrogens (tertiary/aromatic N) is 3. The van der Waals surface area contributed by atoms with Crippen LogP contribution in [0.5, 0.6) is 0 Å². The van der Waals surface area contributed by atoms with Gasteiger partial charge in [-0.2, -0.15) is 0 Å². The van der Waals surface area contributed by atoms with Crippen molar-refractivity contribution >= 4 is 58.7 Å². The second-order valence-electron chi connectivity index (χ2n) is 11.2. The van der Waals surface area contributed by atoms with Crippen molar-refractivity contribution in [3.05, 3.63) is 68.1 Å². The highest BCUT2D eigenvalue weighted by Gasteiger charge is 2.25. The number of thiazole rings is 2. The molecule has 0 saturated heterocycles. The van der Waals surface area contributed by atoms with Crippen LogP contribution in [0, 0.1) is 5.92 Å². The summed E-state index contributed by atoms with van der Waals surface area (Å²) >= 11 is 2.65. The largest absolute Gasteiger partial charge is 0.351 e. The van der Waals surface area contributed by atoms with E-state index in [-0.39, 0.29) is 78.8 Å². The average Bonchev–Trinajstić information content (AvgIpc) is 3.69. The highest BCUT2D eigenvalue weighted by atomic mass is 35.5. The van der Waals surface area contributed by atoms with Crippen LogP contribution in [0.15, 0.2) is 41.1 Å². The van der Waals surface area contributed by atoms with Gasteiger partial charge in [0.05, 0.1) is 12.1 Å². The molecule has 45 heavy (non-hydrogen) atoms. The first-order valence-corrected chi connectivity index (χ1v) is 16.8. The number of fused-ring (bicyclic) bond motifs is 4. The summed E-state index contributed by atoms with van der Waals surface area (Å²) in [6, 6.07) is 8.95. The van der Waals surface area contributed by atoms with Crippen molar-refractivity contribution in [2.45, 2.75) is 64.5 Å². The molecule has 1 aromatic carbocycles. The van der Waals surface area contributed by atoms with E-state index in [9.17, 15) is 19.2 Å². The summed E-state index contributed by atoms with van der Waals surface area (Å²) < 4.78 is 0. The van der Waals surface area contributed by atoms with Crippen LogP contribution in [-0.2, 0) is 16.0 Å². The summed E-state index contributed by atoms with van der Waals surface area (Å²) in [6.07, 6.45) is 2.64. The van der Waals surface area contributed by atoms with E-state index >= 15 is 0 Å². The number of hydrogen-bond acceptors (Lipinski definition) is 9. The second kappa shape index (κ2) is 17.9. The van der Waals surface area contributed by atoms with E-state index in [0.29, 0.717) is 55.3 Å². The minimum atomic E-state index is -0.482. The Morgan fingerprint density at radius 1 is 0.956 bits per heavy atom. The molecule has 5 N–H and O–H groups in total. The standard InChI is InChI=1S/C31H41N7O4S2.ClH/c1-20(2)16-22-30-37-25(19-44-30)29(42)35-23(17-21-8-4-3-5-9-21)31-36-24(18-43-31)28(41)33-13-7-15-38(27(40)11-12-32)14-6-10-26(39)34-22;/h3-5,8-9,18-20,22-23H,6-7,10-17,32H2,1-2H3,(H,33,41)(H,34,39)(H,35,42);1H/t22-,23-;/m0./s1. The minimum absolute atomic E-state index is 0. The first-order chi connectivity index (χ1) is 21.2. The molecule has 0 radical (unpaired) electrons. The fourth-order valence-electron chi connectivity index (χ4n) is 4.98. The molecular formula is C31H42ClN7O4S2. The van der Waals surface area contributed by atoms with Gasteiger partial charge in [-0.25, -0.2) is 9.97 Å². The summed E-state index contributed by atoms with van der Waals surface area (Å²) in [5, 5.41) is 13.7. The molecule has 2 aromatic heterocycles. The van der Waals surface area contributed by atoms with Gasteiger partial charge in [-0.1, -0.05) is 44.2 Å². The van der Waals surface area contributed by atoms with E-state index in [1.807, 2.05) is 30.3 Å². The van der Waals surface area contributed by atoms with Crippen molar-refractivity contribution in [1.29, 1.82) is 0 Å². The number of carbonyl (C=O) groups excluding carboxylic acids is 4. The maximum atomic E-state index is 13.5. The molecule has 4 rings (SSSR count). The maximum absolute atomic E-state index is 13.5. The molecule has 0 aliphatic carbocycles. The summed E-state index contributed by atoms with van der Waals surface area (Å²) in [7, 11) is 0. The Morgan fingerprint density at radius 3 is 2.27 bits per heavy atom. The zero-order valence-corrected chi connectivity index (χ0v) is 28.1. The lowest BCUT2D eigenvalue weighted by molar-refractivity contribution is -0.131. The fourth-order valence-corrected chi connectivity index (χ4v) is 6.69. The zero-order chi connectivity index (χ0) is 31.5. The van der Waals surface area contributed by atoms with E-state index < -0.39 is 6.04 Å². The topological polar surface area (TPSA) is 159 Å². The van der Waals surface area contributed by atoms with E-state index in [0.717, 1.165) is 5.56 Å². The molecule has 1 aliphatic heterocycles. The van der Waals surface area contributed by atoms with E-state index in [4.69, 9.17) is 5.73 Å². The average molecular weight is 676 g/mol. The molecule has 244 valence electrons. The molecule has 0 spiro atoms. The van der Waals surface area contributed by atoms with Crippen LogP contribution in [0.4, 0.5) is 0 Å². The summed E-state index contributed by atoms with van der Waals surface area (Å²) in [6.45, 7) is 5.59. The van der Waals surface area contributed by atoms with Crippen LogP contribution in [-0.4, -0.2) is 64.7 Å². The van der Waals surface area contributed by atoms with Crippen molar-refractivity contribution in [3.63, 3.8) is 0 Å². The normalized spacial score (nSPS) is 18.7. The minimum Gasteiger partial charge on any atom is -0.351 e. The SMILES string of the molecule is CC(C)C[C@@H]1NC(=O)CCCN(C(=O)CCN)CCCNC(=O)c2csc(n2)[C@H](Cc2ccccc2)NC(=O)c2csc1n2.Cl. The van der Waals surface area contributed by atoms with Gasteiger partial charge < -0.3 is 26.6 Å². The highest BCUT2D eigenvalue weighted by Crippen LogP contribution is 2.27. The quantitative estimate of drug-likeness (QED) is 0.307. The van der Waals surface area contributed by atoms with Gasteiger partial charge >= 0.3 is 0 Å². The fraction of sp³-hybridized carbons (Fsp3) is 0.484. The van der Waals surface area contributed by atoms with Gasteiger partial charge in [-0.3, -0.25) is 19.2 Å². The number of amides is 4. The van der Waals surface area contributed by atoms with Crippen molar-refractivity contribution < 1.29 is 19.2 Å². The highest BCUT2D eigenvalue weighted by molar-refractivity contribution is 7.10. The molecule has 4 bridgehead atoms. The molecule has 14 heteroatoms. The number of nitrogens with two attached hydrogens (primary N) is 1. The van der Waals surface area contributed by atoms with Crippen molar-refractivity contribution in [2.24, 2.45) is 11.7 Å². The lowest BCUT2D eigenvalue weighted by atomic mass is 10.0. The van der Waals surface area contributed by atoms with Gasteiger partial charge in [0.25, 0.3) is 11.8 Å². The molecule has 1 aliphatic rings. The molecule has 0 fully saturated rings. The van der Waals surface area contributed by atoms with Gasteiger partial charge in [0, 0.05) is 49.8 Å². The Hall–Kier alpha value is -3.39. The van der Waals surface area contributed by atoms with Crippen molar-refractivity contribution in [3.8, 4) is 0 Å². The smallest absolute Gasteiger partial charge is 0.271 e. The third-order valence-corrected chi connectivity index (χ3v) is 9.09. The summed E-state index contributed by atoms with van der Waals surface area (Å²) in [5.41, 5.74) is 7.18. The monoisotopic (exact) mass is 675 g/mol. The summed E-state index contributed by atoms with van der Waals surface area (Å²) in [4.78, 5) is 63.0. The number of halogens is 1. The van der Waals surface area contributed by atoms with Gasteiger partial charge in [0.2, 0.25) is 11.8 Å². The molecule has 0 saturated carbocycles. The Kier molecular flexibility index (Phi) is 14.4. The van der Waals surface area contributed by atoms with Crippen LogP contribution >= 0.6 is 35.1 Å². The van der Waals surface area contributed by atoms with Gasteiger partial charge in [0.1, 0.15) is 21.4 Å². The molecule has 3 aromatic rings. The van der Waals surface area contributed by atoms with Crippen LogP contribution in [0.25, 0.3) is 0 Å². The number of aromatic nitrogens is 2. The Morgan fingerprint density at radius 2 is 1.60 bits per heavy atom. The third-order valence-electron chi connectivity index (χ3n) is 7.17. The van der Waals surface area contributed by atoms with Crippen molar-refractivity contribution in [1.82, 2.24) is 30.8 Å². The van der Waals surface area contributed by atoms with Gasteiger partial charge in [-0.05, 0) is 37.2 Å². The zero-order valence-electron chi connectivity index (χ0n) is 25.6. The number of benzene rings is 1. The van der Waals surface area contributed by atoms with Crippen LogP contribution in [0.2, 0.25) is 0 Å². The second-order valence-corrected chi connectivity index (χ2v) is 13.0. The number of nitrogens with one attached hydrogen (secondary N) is 3.